The van der Waals surface area contributed by atoms with Crippen molar-refractivity contribution in [3.8, 4) is 0 Å². The highest BCUT2D eigenvalue weighted by molar-refractivity contribution is 5.77. The molecule has 29 heavy (non-hydrogen) atoms. The number of hydrogen-bond donors (Lipinski definition) is 1. The molecule has 1 N–H and O–H groups in total. The molecule has 4 rings (SSSR count). The maximum atomic E-state index is 11.4. The van der Waals surface area contributed by atoms with Gasteiger partial charge in [0, 0.05) is 18.8 Å². The minimum atomic E-state index is -0.340. The van der Waals surface area contributed by atoms with E-state index in [9.17, 15) is 9.90 Å². The van der Waals surface area contributed by atoms with Gasteiger partial charge in [-0.2, -0.15) is 0 Å². The van der Waals surface area contributed by atoms with E-state index in [1.54, 1.807) is 6.92 Å². The van der Waals surface area contributed by atoms with Crippen molar-refractivity contribution in [2.75, 3.05) is 32.7 Å². The van der Waals surface area contributed by atoms with Gasteiger partial charge in [-0.05, 0) is 86.4 Å². The Morgan fingerprint density at radius 2 is 1.83 bits per heavy atom. The van der Waals surface area contributed by atoms with Crippen LogP contribution >= 0.6 is 0 Å². The highest BCUT2D eigenvalue weighted by Gasteiger charge is 2.36. The van der Waals surface area contributed by atoms with Crippen molar-refractivity contribution >= 4 is 5.78 Å². The number of nitrogens with zero attached hydrogens (tertiary/aromatic N) is 2. The minimum absolute atomic E-state index is 0.0695. The molecule has 1 aromatic rings. The number of piperidine rings is 1. The Labute approximate surface area is 174 Å². The zero-order chi connectivity index (χ0) is 20.4. The summed E-state index contributed by atoms with van der Waals surface area (Å²) in [4.78, 5) is 16.1. The molecule has 1 unspecified atom stereocenters. The molecular weight excluding hydrogens is 360 g/mol. The van der Waals surface area contributed by atoms with Gasteiger partial charge in [-0.25, -0.2) is 0 Å². The minimum Gasteiger partial charge on any atom is -0.392 e. The first-order valence-corrected chi connectivity index (χ1v) is 11.1. The number of hydrogen-bond acceptors (Lipinski definition) is 4. The normalized spacial score (nSPS) is 22.3. The van der Waals surface area contributed by atoms with E-state index in [4.69, 9.17) is 0 Å². The van der Waals surface area contributed by atoms with E-state index in [2.05, 4.69) is 53.2 Å². The number of benzene rings is 1. The molecule has 0 spiro atoms. The molecule has 4 nitrogen and oxygen atoms in total. The van der Waals surface area contributed by atoms with Crippen LogP contribution in [0, 0.1) is 5.41 Å². The average molecular weight is 395 g/mol. The van der Waals surface area contributed by atoms with E-state index in [1.807, 2.05) is 0 Å². The van der Waals surface area contributed by atoms with E-state index in [1.165, 1.54) is 22.4 Å². The van der Waals surface area contributed by atoms with E-state index in [-0.39, 0.29) is 17.3 Å². The number of Topliss-reactive ketones (excluding diaryl/α,β-unsaturated/α-hetero) is 1. The predicted molar refractivity (Wildman–Crippen MR) is 117 cm³/mol. The second-order valence-corrected chi connectivity index (χ2v) is 9.39. The molecule has 2 aliphatic heterocycles. The second kappa shape index (κ2) is 8.45. The SMILES string of the molecule is CC(=O)CN1CCC(C)(C(O)Cc2ccc3c(c2)CCN(C2=CC=C2)CC3)CC1. The number of ketones is 1. The van der Waals surface area contributed by atoms with Gasteiger partial charge in [0.1, 0.15) is 5.78 Å². The lowest BCUT2D eigenvalue weighted by Crippen LogP contribution is -2.46. The highest BCUT2D eigenvalue weighted by Crippen LogP contribution is 2.36. The Kier molecular flexibility index (Phi) is 5.93. The van der Waals surface area contributed by atoms with Gasteiger partial charge in [0.15, 0.2) is 0 Å². The van der Waals surface area contributed by atoms with Gasteiger partial charge >= 0.3 is 0 Å². The standard InChI is InChI=1S/C25H34N2O2/c1-19(28)18-26-14-10-25(2,11-15-26)24(29)17-20-6-7-21-8-12-27(23-4-3-5-23)13-9-22(21)16-20/h3-7,16,24,29H,8-15,17-18H2,1-2H3. The van der Waals surface area contributed by atoms with Crippen LogP contribution in [0.2, 0.25) is 0 Å². The number of carbonyl (C=O) groups excluding carboxylic acids is 1. The quantitative estimate of drug-likeness (QED) is 0.805. The van der Waals surface area contributed by atoms with Crippen LogP contribution in [0.15, 0.2) is 42.1 Å². The van der Waals surface area contributed by atoms with Gasteiger partial charge < -0.3 is 10.0 Å². The summed E-state index contributed by atoms with van der Waals surface area (Å²) in [6.45, 7) is 8.36. The van der Waals surface area contributed by atoms with Gasteiger partial charge in [-0.15, -0.1) is 0 Å². The van der Waals surface area contributed by atoms with Crippen molar-refractivity contribution in [2.45, 2.75) is 52.1 Å². The Morgan fingerprint density at radius 3 is 2.45 bits per heavy atom. The smallest absolute Gasteiger partial charge is 0.143 e. The third-order valence-corrected chi connectivity index (χ3v) is 7.15. The summed E-state index contributed by atoms with van der Waals surface area (Å²) in [6.07, 6.45) is 10.9. The van der Waals surface area contributed by atoms with Crippen LogP contribution in [0.25, 0.3) is 0 Å². The lowest BCUT2D eigenvalue weighted by atomic mass is 9.73. The molecule has 1 saturated heterocycles. The monoisotopic (exact) mass is 394 g/mol. The third-order valence-electron chi connectivity index (χ3n) is 7.15. The Bertz CT molecular complexity index is 818. The molecule has 4 heteroatoms. The summed E-state index contributed by atoms with van der Waals surface area (Å²) in [5.74, 6) is 0.224. The maximum absolute atomic E-state index is 11.4. The number of fused-ring (bicyclic) bond motifs is 1. The van der Waals surface area contributed by atoms with Crippen LogP contribution in [0.1, 0.15) is 43.4 Å². The zero-order valence-electron chi connectivity index (χ0n) is 17.9. The number of allylic oxidation sites excluding steroid dienone is 3. The number of rotatable bonds is 6. The first-order valence-electron chi connectivity index (χ1n) is 11.1. The maximum Gasteiger partial charge on any atom is 0.143 e. The van der Waals surface area contributed by atoms with Crippen LogP contribution in [0.4, 0.5) is 0 Å². The van der Waals surface area contributed by atoms with E-state index >= 15 is 0 Å². The molecule has 0 saturated carbocycles. The average Bonchev–Trinajstić information content (AvgIpc) is 2.85. The largest absolute Gasteiger partial charge is 0.392 e. The molecule has 1 atom stereocenters. The first kappa shape index (κ1) is 20.4. The van der Waals surface area contributed by atoms with E-state index < -0.39 is 0 Å². The molecule has 0 amide bonds. The van der Waals surface area contributed by atoms with Crippen molar-refractivity contribution in [2.24, 2.45) is 5.41 Å². The van der Waals surface area contributed by atoms with Crippen LogP contribution < -0.4 is 0 Å². The van der Waals surface area contributed by atoms with Gasteiger partial charge in [-0.1, -0.05) is 31.2 Å². The molecule has 1 aliphatic carbocycles. The first-order chi connectivity index (χ1) is 13.9. The molecule has 1 aromatic carbocycles. The summed E-state index contributed by atoms with van der Waals surface area (Å²) in [6, 6.07) is 6.83. The van der Waals surface area contributed by atoms with Crippen molar-refractivity contribution in [1.29, 1.82) is 0 Å². The number of aliphatic hydroxyl groups is 1. The Morgan fingerprint density at radius 1 is 1.14 bits per heavy atom. The van der Waals surface area contributed by atoms with Crippen molar-refractivity contribution in [3.63, 3.8) is 0 Å². The fraction of sp³-hybridized carbons (Fsp3) is 0.560. The van der Waals surface area contributed by atoms with Crippen LogP contribution in [-0.2, 0) is 24.1 Å². The van der Waals surface area contributed by atoms with Crippen LogP contribution in [0.5, 0.6) is 0 Å². The molecule has 1 fully saturated rings. The predicted octanol–water partition coefficient (Wildman–Crippen LogP) is 3.14. The van der Waals surface area contributed by atoms with Crippen molar-refractivity contribution in [3.05, 3.63) is 58.8 Å². The van der Waals surface area contributed by atoms with Crippen molar-refractivity contribution < 1.29 is 9.90 Å². The summed E-state index contributed by atoms with van der Waals surface area (Å²) in [7, 11) is 0. The van der Waals surface area contributed by atoms with Crippen LogP contribution in [-0.4, -0.2) is 59.5 Å². The second-order valence-electron chi connectivity index (χ2n) is 9.39. The van der Waals surface area contributed by atoms with Gasteiger partial charge in [0.2, 0.25) is 0 Å². The van der Waals surface area contributed by atoms with Gasteiger partial charge in [0.25, 0.3) is 0 Å². The lowest BCUT2D eigenvalue weighted by Gasteiger charge is -2.42. The third kappa shape index (κ3) is 4.65. The fourth-order valence-electron chi connectivity index (χ4n) is 4.90. The number of likely N-dealkylation sites (tertiary alicyclic amines) is 1. The zero-order valence-corrected chi connectivity index (χ0v) is 17.9. The molecular formula is C25H34N2O2. The molecule has 2 heterocycles. The molecule has 3 aliphatic rings. The summed E-state index contributed by atoms with van der Waals surface area (Å²) < 4.78 is 0. The fourth-order valence-corrected chi connectivity index (χ4v) is 4.90. The summed E-state index contributed by atoms with van der Waals surface area (Å²) >= 11 is 0. The van der Waals surface area contributed by atoms with Gasteiger partial charge in [0.05, 0.1) is 12.6 Å². The Hall–Kier alpha value is -1.91. The molecule has 156 valence electrons. The number of carbonyl (C=O) groups is 1. The highest BCUT2D eigenvalue weighted by atomic mass is 16.3. The van der Waals surface area contributed by atoms with E-state index in [0.717, 1.165) is 51.9 Å². The number of aliphatic hydroxyl groups excluding tert-OH is 1. The molecule has 0 aromatic heterocycles. The topological polar surface area (TPSA) is 43.8 Å². The summed E-state index contributed by atoms with van der Waals surface area (Å²) in [5, 5.41) is 11.1. The van der Waals surface area contributed by atoms with Crippen molar-refractivity contribution in [1.82, 2.24) is 9.80 Å². The molecule has 0 radical (unpaired) electrons. The summed E-state index contributed by atoms with van der Waals surface area (Å²) in [5.41, 5.74) is 5.44. The molecule has 0 bridgehead atoms. The van der Waals surface area contributed by atoms with Crippen LogP contribution in [0.3, 0.4) is 0 Å². The van der Waals surface area contributed by atoms with Gasteiger partial charge in [-0.3, -0.25) is 9.69 Å². The van der Waals surface area contributed by atoms with E-state index in [0.29, 0.717) is 13.0 Å². The Balaban J connectivity index is 1.36. The lowest BCUT2D eigenvalue weighted by molar-refractivity contribution is -0.119.